The predicted octanol–water partition coefficient (Wildman–Crippen LogP) is 3.44. The van der Waals surface area contributed by atoms with E-state index < -0.39 is 10.0 Å². The first-order valence-electron chi connectivity index (χ1n) is 10.6. The second kappa shape index (κ2) is 9.13. The highest BCUT2D eigenvalue weighted by Crippen LogP contribution is 2.30. The van der Waals surface area contributed by atoms with Gasteiger partial charge in [0.1, 0.15) is 4.83 Å². The van der Waals surface area contributed by atoms with Crippen LogP contribution in [-0.2, 0) is 21.4 Å². The average Bonchev–Trinajstić information content (AvgIpc) is 3.23. The van der Waals surface area contributed by atoms with Crippen molar-refractivity contribution in [1.82, 2.24) is 13.9 Å². The number of sulfonamides is 1. The second-order valence-corrected chi connectivity index (χ2v) is 10.9. The molecule has 1 aliphatic rings. The monoisotopic (exact) mass is 474 g/mol. The number of carbonyl (C=O) groups excluding carboxylic acids is 1. The molecule has 2 unspecified atom stereocenters. The van der Waals surface area contributed by atoms with Gasteiger partial charge in [-0.2, -0.15) is 4.31 Å². The van der Waals surface area contributed by atoms with Crippen LogP contribution in [0.25, 0.3) is 10.2 Å². The summed E-state index contributed by atoms with van der Waals surface area (Å²) < 4.78 is 29.2. The smallest absolute Gasteiger partial charge is 0.262 e. The van der Waals surface area contributed by atoms with E-state index in [4.69, 9.17) is 0 Å². The van der Waals surface area contributed by atoms with Crippen molar-refractivity contribution < 1.29 is 13.2 Å². The minimum absolute atomic E-state index is 0.0330. The molecule has 0 aliphatic carbocycles. The fourth-order valence-corrected chi connectivity index (χ4v) is 6.81. The SMILES string of the molecule is CC1CCCC(C)N1S(=O)(=O)c1ccc(NC(=O)CCn2cnc3sccc3c2=O)cc1. The molecule has 3 heterocycles. The van der Waals surface area contributed by atoms with Gasteiger partial charge in [0.25, 0.3) is 5.56 Å². The molecule has 2 atom stereocenters. The topological polar surface area (TPSA) is 101 Å². The Balaban J connectivity index is 1.40. The number of nitrogens with one attached hydrogen (secondary N) is 1. The highest BCUT2D eigenvalue weighted by atomic mass is 32.2. The summed E-state index contributed by atoms with van der Waals surface area (Å²) in [5.74, 6) is -0.267. The summed E-state index contributed by atoms with van der Waals surface area (Å²) in [5.41, 5.74) is 0.340. The van der Waals surface area contributed by atoms with Crippen LogP contribution >= 0.6 is 11.3 Å². The zero-order valence-corrected chi connectivity index (χ0v) is 19.7. The van der Waals surface area contributed by atoms with Crippen LogP contribution in [-0.4, -0.2) is 40.3 Å². The van der Waals surface area contributed by atoms with Crippen LogP contribution in [0.3, 0.4) is 0 Å². The summed E-state index contributed by atoms with van der Waals surface area (Å²) in [7, 11) is -3.59. The zero-order valence-electron chi connectivity index (χ0n) is 18.0. The number of amides is 1. The van der Waals surface area contributed by atoms with Crippen LogP contribution in [0.15, 0.2) is 51.7 Å². The quantitative estimate of drug-likeness (QED) is 0.590. The Kier molecular flexibility index (Phi) is 6.45. The average molecular weight is 475 g/mol. The zero-order chi connectivity index (χ0) is 22.9. The number of hydrogen-bond acceptors (Lipinski definition) is 6. The van der Waals surface area contributed by atoms with E-state index in [-0.39, 0.29) is 41.4 Å². The number of benzene rings is 1. The molecule has 3 aromatic rings. The highest BCUT2D eigenvalue weighted by molar-refractivity contribution is 7.89. The van der Waals surface area contributed by atoms with E-state index in [0.717, 1.165) is 19.3 Å². The normalized spacial score (nSPS) is 19.8. The van der Waals surface area contributed by atoms with Crippen molar-refractivity contribution in [3.05, 3.63) is 52.4 Å². The molecule has 0 spiro atoms. The van der Waals surface area contributed by atoms with Crippen LogP contribution in [0, 0.1) is 0 Å². The number of piperidine rings is 1. The maximum Gasteiger partial charge on any atom is 0.262 e. The number of hydrogen-bond donors (Lipinski definition) is 1. The van der Waals surface area contributed by atoms with Crippen molar-refractivity contribution in [3.8, 4) is 0 Å². The number of aryl methyl sites for hydroxylation is 1. The van der Waals surface area contributed by atoms with E-state index in [1.165, 1.54) is 34.4 Å². The summed E-state index contributed by atoms with van der Waals surface area (Å²) in [5, 5.41) is 5.12. The van der Waals surface area contributed by atoms with Crippen LogP contribution in [0.2, 0.25) is 0 Å². The van der Waals surface area contributed by atoms with Crippen molar-refractivity contribution >= 4 is 43.2 Å². The molecule has 4 rings (SSSR count). The lowest BCUT2D eigenvalue weighted by Gasteiger charge is -2.37. The number of carbonyl (C=O) groups is 1. The molecule has 1 saturated heterocycles. The van der Waals surface area contributed by atoms with Crippen molar-refractivity contribution in [1.29, 1.82) is 0 Å². The first-order chi connectivity index (χ1) is 15.3. The van der Waals surface area contributed by atoms with Gasteiger partial charge in [0.05, 0.1) is 16.6 Å². The van der Waals surface area contributed by atoms with Gasteiger partial charge in [0.15, 0.2) is 0 Å². The molecular formula is C22H26N4O4S2. The van der Waals surface area contributed by atoms with Gasteiger partial charge in [0, 0.05) is 30.7 Å². The molecule has 0 saturated carbocycles. The molecule has 1 amide bonds. The van der Waals surface area contributed by atoms with Gasteiger partial charge >= 0.3 is 0 Å². The minimum Gasteiger partial charge on any atom is -0.326 e. The number of thiophene rings is 1. The maximum absolute atomic E-state index is 13.1. The molecular weight excluding hydrogens is 448 g/mol. The summed E-state index contributed by atoms with van der Waals surface area (Å²) in [6.07, 6.45) is 4.30. The largest absolute Gasteiger partial charge is 0.326 e. The van der Waals surface area contributed by atoms with Gasteiger partial charge in [-0.25, -0.2) is 13.4 Å². The predicted molar refractivity (Wildman–Crippen MR) is 125 cm³/mol. The van der Waals surface area contributed by atoms with Gasteiger partial charge in [-0.05, 0) is 62.4 Å². The van der Waals surface area contributed by atoms with Gasteiger partial charge in [-0.15, -0.1) is 11.3 Å². The Morgan fingerprint density at radius 3 is 2.53 bits per heavy atom. The van der Waals surface area contributed by atoms with E-state index in [1.807, 2.05) is 19.2 Å². The molecule has 0 radical (unpaired) electrons. The minimum atomic E-state index is -3.59. The molecule has 8 nitrogen and oxygen atoms in total. The fourth-order valence-electron chi connectivity index (χ4n) is 4.20. The van der Waals surface area contributed by atoms with Crippen molar-refractivity contribution in [3.63, 3.8) is 0 Å². The molecule has 10 heteroatoms. The van der Waals surface area contributed by atoms with Gasteiger partial charge in [-0.1, -0.05) is 6.42 Å². The standard InChI is InChI=1S/C22H26N4O4S2/c1-15-4-3-5-16(2)26(15)32(29,30)18-8-6-17(7-9-18)24-20(27)10-12-25-14-23-21-19(22(25)28)11-13-31-21/h6-9,11,13-16H,3-5,10,12H2,1-2H3,(H,24,27). The lowest BCUT2D eigenvalue weighted by molar-refractivity contribution is -0.116. The van der Waals surface area contributed by atoms with Crippen molar-refractivity contribution in [2.75, 3.05) is 5.32 Å². The number of fused-ring (bicyclic) bond motifs is 1. The number of anilines is 1. The molecule has 32 heavy (non-hydrogen) atoms. The summed E-state index contributed by atoms with van der Waals surface area (Å²) in [6.45, 7) is 4.10. The third-order valence-electron chi connectivity index (χ3n) is 5.86. The highest BCUT2D eigenvalue weighted by Gasteiger charge is 2.35. The van der Waals surface area contributed by atoms with Gasteiger partial charge < -0.3 is 5.32 Å². The second-order valence-electron chi connectivity index (χ2n) is 8.17. The lowest BCUT2D eigenvalue weighted by atomic mass is 10.0. The van der Waals surface area contributed by atoms with E-state index >= 15 is 0 Å². The Labute approximate surface area is 190 Å². The number of aromatic nitrogens is 2. The van der Waals surface area contributed by atoms with E-state index in [2.05, 4.69) is 10.3 Å². The molecule has 2 aromatic heterocycles. The van der Waals surface area contributed by atoms with E-state index in [1.54, 1.807) is 22.5 Å². The van der Waals surface area contributed by atoms with Gasteiger partial charge in [0.2, 0.25) is 15.9 Å². The molecule has 170 valence electrons. The maximum atomic E-state index is 13.1. The summed E-state index contributed by atoms with van der Waals surface area (Å²) in [6, 6.07) is 7.90. The third-order valence-corrected chi connectivity index (χ3v) is 8.82. The van der Waals surface area contributed by atoms with E-state index in [0.29, 0.717) is 15.9 Å². The molecule has 1 aliphatic heterocycles. The first-order valence-corrected chi connectivity index (χ1v) is 13.0. The summed E-state index contributed by atoms with van der Waals surface area (Å²) >= 11 is 1.40. The number of rotatable bonds is 6. The van der Waals surface area contributed by atoms with E-state index in [9.17, 15) is 18.0 Å². The molecule has 0 bridgehead atoms. The summed E-state index contributed by atoms with van der Waals surface area (Å²) in [4.78, 5) is 29.9. The molecule has 1 N–H and O–H groups in total. The Morgan fingerprint density at radius 1 is 1.16 bits per heavy atom. The lowest BCUT2D eigenvalue weighted by Crippen LogP contribution is -2.47. The van der Waals surface area contributed by atoms with Crippen LogP contribution < -0.4 is 10.9 Å². The van der Waals surface area contributed by atoms with Gasteiger partial charge in [-0.3, -0.25) is 14.2 Å². The molecule has 1 aromatic carbocycles. The first kappa shape index (κ1) is 22.6. The number of nitrogens with zero attached hydrogens (tertiary/aromatic N) is 3. The third kappa shape index (κ3) is 4.48. The Hall–Kier alpha value is -2.56. The van der Waals surface area contributed by atoms with Crippen LogP contribution in [0.4, 0.5) is 5.69 Å². The van der Waals surface area contributed by atoms with Crippen LogP contribution in [0.1, 0.15) is 39.5 Å². The van der Waals surface area contributed by atoms with Crippen molar-refractivity contribution in [2.45, 2.75) is 63.1 Å². The Bertz CT molecular complexity index is 1270. The van der Waals surface area contributed by atoms with Crippen molar-refractivity contribution in [2.24, 2.45) is 0 Å². The molecule has 1 fully saturated rings. The van der Waals surface area contributed by atoms with Crippen LogP contribution in [0.5, 0.6) is 0 Å². The fraction of sp³-hybridized carbons (Fsp3) is 0.409. The Morgan fingerprint density at radius 2 is 1.84 bits per heavy atom.